The summed E-state index contributed by atoms with van der Waals surface area (Å²) >= 11 is 0. The van der Waals surface area contributed by atoms with E-state index >= 15 is 0 Å². The van der Waals surface area contributed by atoms with E-state index in [4.69, 9.17) is 4.74 Å². The zero-order valence-corrected chi connectivity index (χ0v) is 12.1. The van der Waals surface area contributed by atoms with Gasteiger partial charge in [-0.15, -0.1) is 0 Å². The SMILES string of the molecule is COC(C)(CC(F)(C(F)(F)F)C(F)(F)F)c1ccc(C)cc1. The van der Waals surface area contributed by atoms with Gasteiger partial charge in [0.15, 0.2) is 0 Å². The molecule has 0 spiro atoms. The van der Waals surface area contributed by atoms with Gasteiger partial charge >= 0.3 is 18.0 Å². The predicted molar refractivity (Wildman–Crippen MR) is 66.1 cm³/mol. The van der Waals surface area contributed by atoms with Crippen molar-refractivity contribution in [3.8, 4) is 0 Å². The maximum absolute atomic E-state index is 13.9. The molecule has 0 N–H and O–H groups in total. The molecular formula is C14H15F7O. The minimum absolute atomic E-state index is 0.0242. The van der Waals surface area contributed by atoms with Crippen molar-refractivity contribution < 1.29 is 35.5 Å². The van der Waals surface area contributed by atoms with Gasteiger partial charge in [-0.25, -0.2) is 4.39 Å². The Balaban J connectivity index is 3.32. The van der Waals surface area contributed by atoms with E-state index in [9.17, 15) is 30.7 Å². The first kappa shape index (κ1) is 18.7. The van der Waals surface area contributed by atoms with Gasteiger partial charge < -0.3 is 4.74 Å². The van der Waals surface area contributed by atoms with E-state index in [1.807, 2.05) is 0 Å². The van der Waals surface area contributed by atoms with Gasteiger partial charge in [-0.05, 0) is 19.4 Å². The molecule has 1 nitrogen and oxygen atoms in total. The summed E-state index contributed by atoms with van der Waals surface area (Å²) in [6, 6.07) is 5.61. The molecule has 1 aromatic carbocycles. The van der Waals surface area contributed by atoms with Crippen molar-refractivity contribution in [3.05, 3.63) is 35.4 Å². The second kappa shape index (κ2) is 5.72. The molecule has 0 aromatic heterocycles. The van der Waals surface area contributed by atoms with Crippen LogP contribution in [0.2, 0.25) is 0 Å². The van der Waals surface area contributed by atoms with Crippen LogP contribution in [0.1, 0.15) is 24.5 Å². The summed E-state index contributed by atoms with van der Waals surface area (Å²) in [6.45, 7) is 2.68. The number of halogens is 7. The zero-order valence-electron chi connectivity index (χ0n) is 12.1. The Labute approximate surface area is 123 Å². The predicted octanol–water partition coefficient (Wildman–Crippen LogP) is 5.08. The lowest BCUT2D eigenvalue weighted by atomic mass is 9.83. The third-order valence-electron chi connectivity index (χ3n) is 3.59. The van der Waals surface area contributed by atoms with Crippen LogP contribution in [0, 0.1) is 6.92 Å². The van der Waals surface area contributed by atoms with Crippen LogP contribution in [-0.4, -0.2) is 25.1 Å². The van der Waals surface area contributed by atoms with Gasteiger partial charge in [0.2, 0.25) is 0 Å². The molecule has 0 radical (unpaired) electrons. The molecule has 0 amide bonds. The number of hydrogen-bond donors (Lipinski definition) is 0. The number of methoxy groups -OCH3 is 1. The molecule has 22 heavy (non-hydrogen) atoms. The monoisotopic (exact) mass is 332 g/mol. The average molecular weight is 332 g/mol. The highest BCUT2D eigenvalue weighted by molar-refractivity contribution is 5.27. The van der Waals surface area contributed by atoms with Crippen LogP contribution in [-0.2, 0) is 10.3 Å². The maximum atomic E-state index is 13.9. The topological polar surface area (TPSA) is 9.23 Å². The molecule has 126 valence electrons. The highest BCUT2D eigenvalue weighted by Gasteiger charge is 2.73. The third-order valence-corrected chi connectivity index (χ3v) is 3.59. The number of rotatable bonds is 4. The summed E-state index contributed by atoms with van der Waals surface area (Å²) in [5.41, 5.74) is -6.68. The molecule has 8 heteroatoms. The van der Waals surface area contributed by atoms with E-state index in [0.717, 1.165) is 19.6 Å². The maximum Gasteiger partial charge on any atom is 0.431 e. The summed E-state index contributed by atoms with van der Waals surface area (Å²) in [6.07, 6.45) is -14.1. The minimum atomic E-state index is -6.10. The number of ether oxygens (including phenoxy) is 1. The summed E-state index contributed by atoms with van der Waals surface area (Å²) < 4.78 is 94.9. The highest BCUT2D eigenvalue weighted by atomic mass is 19.4. The molecular weight excluding hydrogens is 317 g/mol. The van der Waals surface area contributed by atoms with Crippen LogP contribution in [0.15, 0.2) is 24.3 Å². The number of hydrogen-bond acceptors (Lipinski definition) is 1. The van der Waals surface area contributed by atoms with E-state index in [1.165, 1.54) is 24.3 Å². The summed E-state index contributed by atoms with van der Waals surface area (Å²) in [4.78, 5) is 0. The Kier molecular flexibility index (Phi) is 4.87. The lowest BCUT2D eigenvalue weighted by molar-refractivity contribution is -0.353. The van der Waals surface area contributed by atoms with Crippen molar-refractivity contribution >= 4 is 0 Å². The molecule has 1 unspecified atom stereocenters. The van der Waals surface area contributed by atoms with Gasteiger partial charge in [0, 0.05) is 13.5 Å². The van der Waals surface area contributed by atoms with Crippen molar-refractivity contribution in [1.29, 1.82) is 0 Å². The van der Waals surface area contributed by atoms with Crippen LogP contribution < -0.4 is 0 Å². The molecule has 0 saturated heterocycles. The van der Waals surface area contributed by atoms with Crippen LogP contribution in [0.3, 0.4) is 0 Å². The largest absolute Gasteiger partial charge is 0.431 e. The Morgan fingerprint density at radius 1 is 0.864 bits per heavy atom. The molecule has 0 fully saturated rings. The van der Waals surface area contributed by atoms with E-state index in [0.29, 0.717) is 0 Å². The van der Waals surface area contributed by atoms with E-state index in [-0.39, 0.29) is 5.56 Å². The number of alkyl halides is 7. The minimum Gasteiger partial charge on any atom is -0.374 e. The second-order valence-corrected chi connectivity index (χ2v) is 5.27. The van der Waals surface area contributed by atoms with Gasteiger partial charge in [-0.2, -0.15) is 26.3 Å². The fraction of sp³-hybridized carbons (Fsp3) is 0.571. The Hall–Kier alpha value is -1.31. The van der Waals surface area contributed by atoms with E-state index < -0.39 is 30.0 Å². The lowest BCUT2D eigenvalue weighted by Crippen LogP contribution is -2.56. The molecule has 1 rings (SSSR count). The molecule has 1 atom stereocenters. The molecule has 0 saturated carbocycles. The zero-order chi connectivity index (χ0) is 17.4. The molecule has 0 aliphatic carbocycles. The fourth-order valence-corrected chi connectivity index (χ4v) is 2.02. The van der Waals surface area contributed by atoms with Crippen LogP contribution in [0.4, 0.5) is 30.7 Å². The molecule has 1 aromatic rings. The first-order chi connectivity index (χ1) is 9.77. The standard InChI is InChI=1S/C14H15F7O/c1-9-4-6-10(7-5-9)11(2,22-3)8-12(15,13(16,17)18)14(19,20)21/h4-7H,8H2,1-3H3. The van der Waals surface area contributed by atoms with Crippen molar-refractivity contribution in [2.24, 2.45) is 0 Å². The van der Waals surface area contributed by atoms with Gasteiger partial charge in [-0.3, -0.25) is 0 Å². The number of benzene rings is 1. The van der Waals surface area contributed by atoms with Crippen molar-refractivity contribution in [2.75, 3.05) is 7.11 Å². The normalized spacial score (nSPS) is 16.5. The summed E-state index contributed by atoms with van der Waals surface area (Å²) in [5.74, 6) is 0. The first-order valence-corrected chi connectivity index (χ1v) is 6.21. The summed E-state index contributed by atoms with van der Waals surface area (Å²) in [7, 11) is 0.938. The third kappa shape index (κ3) is 3.37. The quantitative estimate of drug-likeness (QED) is 0.699. The van der Waals surface area contributed by atoms with Crippen LogP contribution in [0.5, 0.6) is 0 Å². The van der Waals surface area contributed by atoms with Crippen molar-refractivity contribution in [1.82, 2.24) is 0 Å². The van der Waals surface area contributed by atoms with Gasteiger partial charge in [0.05, 0.1) is 5.60 Å². The molecule has 0 aliphatic rings. The van der Waals surface area contributed by atoms with Gasteiger partial charge in [0.1, 0.15) is 0 Å². The van der Waals surface area contributed by atoms with Crippen molar-refractivity contribution in [3.63, 3.8) is 0 Å². The number of aryl methyl sites for hydroxylation is 1. The first-order valence-electron chi connectivity index (χ1n) is 6.21. The lowest BCUT2D eigenvalue weighted by Gasteiger charge is -2.38. The fourth-order valence-electron chi connectivity index (χ4n) is 2.02. The van der Waals surface area contributed by atoms with Crippen molar-refractivity contribution in [2.45, 2.75) is 43.9 Å². The van der Waals surface area contributed by atoms with E-state index in [2.05, 4.69) is 0 Å². The second-order valence-electron chi connectivity index (χ2n) is 5.27. The highest BCUT2D eigenvalue weighted by Crippen LogP contribution is 2.52. The Bertz CT molecular complexity index is 489. The molecule has 0 heterocycles. The van der Waals surface area contributed by atoms with E-state index in [1.54, 1.807) is 6.92 Å². The molecule has 0 aliphatic heterocycles. The molecule has 0 bridgehead atoms. The van der Waals surface area contributed by atoms with Crippen LogP contribution >= 0.6 is 0 Å². The van der Waals surface area contributed by atoms with Crippen LogP contribution in [0.25, 0.3) is 0 Å². The summed E-state index contributed by atoms with van der Waals surface area (Å²) in [5, 5.41) is 0. The van der Waals surface area contributed by atoms with Gasteiger partial charge in [-0.1, -0.05) is 29.8 Å². The van der Waals surface area contributed by atoms with Gasteiger partial charge in [0.25, 0.3) is 0 Å². The average Bonchev–Trinajstić information content (AvgIpc) is 2.36. The Morgan fingerprint density at radius 2 is 1.27 bits per heavy atom. The Morgan fingerprint density at radius 3 is 1.59 bits per heavy atom. The smallest absolute Gasteiger partial charge is 0.374 e.